The summed E-state index contributed by atoms with van der Waals surface area (Å²) in [4.78, 5) is 25.6. The van der Waals surface area contributed by atoms with Crippen LogP contribution in [0.3, 0.4) is 0 Å². The van der Waals surface area contributed by atoms with E-state index in [1.165, 1.54) is 0 Å². The van der Waals surface area contributed by atoms with Crippen LogP contribution in [0.15, 0.2) is 22.3 Å². The number of aromatic nitrogens is 2. The lowest BCUT2D eigenvalue weighted by atomic mass is 10.1. The van der Waals surface area contributed by atoms with Crippen LogP contribution in [-0.2, 0) is 9.47 Å². The molecule has 0 saturated carbocycles. The van der Waals surface area contributed by atoms with Crippen molar-refractivity contribution in [3.05, 3.63) is 46.0 Å². The minimum absolute atomic E-state index is 0.0485. The smallest absolute Gasteiger partial charge is 0.340 e. The Bertz CT molecular complexity index is 1120. The molecule has 2 aromatic rings. The lowest BCUT2D eigenvalue weighted by Gasteiger charge is -2.16. The molecule has 0 amide bonds. The number of esters is 2. The van der Waals surface area contributed by atoms with Gasteiger partial charge in [-0.25, -0.2) is 18.9 Å². The summed E-state index contributed by atoms with van der Waals surface area (Å²) in [5, 5.41) is 9.94. The van der Waals surface area contributed by atoms with E-state index >= 15 is 0 Å². The summed E-state index contributed by atoms with van der Waals surface area (Å²) in [6, 6.07) is 3.79. The molecule has 8 heteroatoms. The molecule has 2 heterocycles. The summed E-state index contributed by atoms with van der Waals surface area (Å²) in [6.07, 6.45) is 0. The average molecular weight is 527 g/mol. The topological polar surface area (TPSA) is 87.2 Å². The van der Waals surface area contributed by atoms with Crippen LogP contribution in [0.5, 0.6) is 0 Å². The maximum absolute atomic E-state index is 12.8. The van der Waals surface area contributed by atoms with Crippen molar-refractivity contribution < 1.29 is 19.1 Å². The van der Waals surface area contributed by atoms with Crippen molar-refractivity contribution in [2.24, 2.45) is 10.2 Å². The predicted molar refractivity (Wildman–Crippen MR) is 154 cm³/mol. The van der Waals surface area contributed by atoms with Crippen molar-refractivity contribution in [2.75, 3.05) is 13.2 Å². The van der Waals surface area contributed by atoms with Gasteiger partial charge in [-0.3, -0.25) is 0 Å². The Morgan fingerprint density at radius 3 is 1.21 bits per heavy atom. The van der Waals surface area contributed by atoms with Gasteiger partial charge in [0.1, 0.15) is 0 Å². The molecule has 0 aliphatic carbocycles. The van der Waals surface area contributed by atoms with Gasteiger partial charge in [0, 0.05) is 11.4 Å². The first-order valence-electron chi connectivity index (χ1n) is 13.7. The zero-order valence-corrected chi connectivity index (χ0v) is 25.3. The summed E-state index contributed by atoms with van der Waals surface area (Å²) >= 11 is 0. The fraction of sp³-hybridized carbons (Fsp3) is 0.600. The second-order valence-electron chi connectivity index (χ2n) is 10.8. The van der Waals surface area contributed by atoms with Crippen LogP contribution in [0.25, 0.3) is 0 Å². The van der Waals surface area contributed by atoms with E-state index in [4.69, 9.17) is 19.7 Å². The molecule has 0 radical (unpaired) electrons. The Kier molecular flexibility index (Phi) is 10.7. The molecule has 38 heavy (non-hydrogen) atoms. The van der Waals surface area contributed by atoms with Gasteiger partial charge in [0.2, 0.25) is 0 Å². The molecule has 0 aromatic carbocycles. The summed E-state index contributed by atoms with van der Waals surface area (Å²) < 4.78 is 14.4. The van der Waals surface area contributed by atoms with Gasteiger partial charge < -0.3 is 9.47 Å². The molecule has 0 aliphatic rings. The van der Waals surface area contributed by atoms with Gasteiger partial charge in [0.25, 0.3) is 0 Å². The third-order valence-electron chi connectivity index (χ3n) is 6.37. The highest BCUT2D eigenvalue weighted by atomic mass is 16.5. The van der Waals surface area contributed by atoms with Crippen LogP contribution in [0, 0.1) is 0 Å². The van der Waals surface area contributed by atoms with Crippen molar-refractivity contribution in [3.63, 3.8) is 0 Å². The van der Waals surface area contributed by atoms with Gasteiger partial charge in [-0.2, -0.15) is 10.2 Å². The SMILES string of the molecule is CCOC(=O)c1cc(C(C)C)n(/N=C(C)/C(C)=N/n2c(C(C)C)cc(C(=O)OCC)c2C(C)C)c1C(C)C. The number of rotatable bonds is 11. The van der Waals surface area contributed by atoms with Gasteiger partial charge in [0.05, 0.1) is 47.2 Å². The number of carbonyl (C=O) groups is 2. The van der Waals surface area contributed by atoms with Crippen molar-refractivity contribution in [1.29, 1.82) is 0 Å². The van der Waals surface area contributed by atoms with Gasteiger partial charge in [-0.05, 0) is 63.5 Å². The molecule has 0 spiro atoms. The number of carbonyl (C=O) groups excluding carboxylic acids is 2. The molecule has 0 N–H and O–H groups in total. The highest BCUT2D eigenvalue weighted by molar-refractivity contribution is 6.40. The van der Waals surface area contributed by atoms with Crippen molar-refractivity contribution >= 4 is 23.4 Å². The summed E-state index contributed by atoms with van der Waals surface area (Å²) in [5.74, 6) is -0.295. The Morgan fingerprint density at radius 2 is 0.974 bits per heavy atom. The molecule has 0 bridgehead atoms. The van der Waals surface area contributed by atoms with Gasteiger partial charge >= 0.3 is 11.9 Å². The van der Waals surface area contributed by atoms with Crippen LogP contribution in [0.2, 0.25) is 0 Å². The Morgan fingerprint density at radius 1 is 0.658 bits per heavy atom. The van der Waals surface area contributed by atoms with Crippen LogP contribution in [0.4, 0.5) is 0 Å². The van der Waals surface area contributed by atoms with Crippen LogP contribution >= 0.6 is 0 Å². The summed E-state index contributed by atoms with van der Waals surface area (Å²) in [5.41, 5.74) is 5.99. The first kappa shape index (κ1) is 31.1. The predicted octanol–water partition coefficient (Wildman–Crippen LogP) is 7.28. The quantitative estimate of drug-likeness (QED) is 0.227. The van der Waals surface area contributed by atoms with E-state index in [2.05, 4.69) is 27.7 Å². The molecule has 0 atom stereocenters. The third-order valence-corrected chi connectivity index (χ3v) is 6.37. The Balaban J connectivity index is 2.75. The molecular weight excluding hydrogens is 480 g/mol. The van der Waals surface area contributed by atoms with E-state index < -0.39 is 0 Å². The third kappa shape index (κ3) is 6.63. The molecule has 2 aromatic heterocycles. The lowest BCUT2D eigenvalue weighted by molar-refractivity contribution is 0.0515. The first-order valence-corrected chi connectivity index (χ1v) is 13.7. The zero-order chi connectivity index (χ0) is 28.9. The maximum atomic E-state index is 12.8. The van der Waals surface area contributed by atoms with Gasteiger partial charge in [-0.15, -0.1) is 0 Å². The van der Waals surface area contributed by atoms with Gasteiger partial charge in [0.15, 0.2) is 0 Å². The second-order valence-corrected chi connectivity index (χ2v) is 10.8. The normalized spacial score (nSPS) is 12.8. The van der Waals surface area contributed by atoms with E-state index in [0.717, 1.165) is 22.8 Å². The van der Waals surface area contributed by atoms with Crippen LogP contribution in [0.1, 0.15) is 150 Å². The Hall–Kier alpha value is -3.16. The standard InChI is InChI=1S/C30H46N4O4/c1-13-37-29(35)23-15-25(17(3)4)33(27(23)19(7)8)31-21(11)22(12)32-34-26(18(5)6)16-24(28(34)20(9)10)30(36)38-14-2/h15-20H,13-14H2,1-12H3/b31-21+,32-22+. The van der Waals surface area contributed by atoms with E-state index in [-0.39, 0.29) is 35.6 Å². The molecule has 0 fully saturated rings. The fourth-order valence-electron chi connectivity index (χ4n) is 4.42. The van der Waals surface area contributed by atoms with Crippen LogP contribution < -0.4 is 0 Å². The van der Waals surface area contributed by atoms with E-state index in [0.29, 0.717) is 35.8 Å². The monoisotopic (exact) mass is 526 g/mol. The molecular formula is C30H46N4O4. The number of hydrogen-bond acceptors (Lipinski definition) is 6. The highest BCUT2D eigenvalue weighted by Gasteiger charge is 2.26. The largest absolute Gasteiger partial charge is 0.462 e. The minimum atomic E-state index is -0.336. The average Bonchev–Trinajstić information content (AvgIpc) is 3.39. The van der Waals surface area contributed by atoms with Crippen LogP contribution in [-0.4, -0.2) is 45.9 Å². The molecule has 0 saturated heterocycles. The molecule has 0 aliphatic heterocycles. The van der Waals surface area contributed by atoms with E-state index in [9.17, 15) is 9.59 Å². The first-order chi connectivity index (χ1) is 17.8. The number of ether oxygens (including phenoxy) is 2. The summed E-state index contributed by atoms with van der Waals surface area (Å²) in [7, 11) is 0. The van der Waals surface area contributed by atoms with E-state index in [1.54, 1.807) is 13.8 Å². The van der Waals surface area contributed by atoms with Crippen molar-refractivity contribution in [1.82, 2.24) is 9.35 Å². The maximum Gasteiger partial charge on any atom is 0.340 e. The lowest BCUT2D eigenvalue weighted by Crippen LogP contribution is -2.16. The number of hydrogen-bond donors (Lipinski definition) is 0. The van der Waals surface area contributed by atoms with Crippen molar-refractivity contribution in [2.45, 2.75) is 107 Å². The molecule has 0 unspecified atom stereocenters. The van der Waals surface area contributed by atoms with Crippen molar-refractivity contribution in [3.8, 4) is 0 Å². The number of nitrogens with zero attached hydrogens (tertiary/aromatic N) is 4. The zero-order valence-electron chi connectivity index (χ0n) is 25.3. The summed E-state index contributed by atoms with van der Waals surface area (Å²) in [6.45, 7) is 24.6. The fourth-order valence-corrected chi connectivity index (χ4v) is 4.42. The van der Waals surface area contributed by atoms with E-state index in [1.807, 2.05) is 63.0 Å². The molecule has 8 nitrogen and oxygen atoms in total. The highest BCUT2D eigenvalue weighted by Crippen LogP contribution is 2.31. The second kappa shape index (κ2) is 13.1. The molecule has 2 rings (SSSR count). The Labute approximate surface area is 228 Å². The molecule has 210 valence electrons. The minimum Gasteiger partial charge on any atom is -0.462 e. The van der Waals surface area contributed by atoms with Gasteiger partial charge in [-0.1, -0.05) is 55.4 Å².